The van der Waals surface area contributed by atoms with Gasteiger partial charge in [-0.25, -0.2) is 4.39 Å². The van der Waals surface area contributed by atoms with Crippen LogP contribution in [0, 0.1) is 11.7 Å². The van der Waals surface area contributed by atoms with Crippen molar-refractivity contribution in [2.75, 3.05) is 0 Å². The summed E-state index contributed by atoms with van der Waals surface area (Å²) in [5.74, 6) is 0.0410. The molecule has 0 radical (unpaired) electrons. The van der Waals surface area contributed by atoms with Crippen LogP contribution in [-0.4, -0.2) is 6.04 Å². The Morgan fingerprint density at radius 1 is 1.47 bits per heavy atom. The lowest BCUT2D eigenvalue weighted by Gasteiger charge is -2.18. The third kappa shape index (κ3) is 3.47. The van der Waals surface area contributed by atoms with Crippen molar-refractivity contribution in [3.8, 4) is 0 Å². The van der Waals surface area contributed by atoms with Gasteiger partial charge < -0.3 is 5.73 Å². The monoisotopic (exact) mass is 229 g/mol. The Morgan fingerprint density at radius 2 is 2.13 bits per heavy atom. The van der Waals surface area contributed by atoms with Gasteiger partial charge in [-0.1, -0.05) is 31.0 Å². The lowest BCUT2D eigenvalue weighted by molar-refractivity contribution is 0.427. The highest BCUT2D eigenvalue weighted by Crippen LogP contribution is 2.20. The van der Waals surface area contributed by atoms with E-state index in [1.807, 2.05) is 13.0 Å². The predicted octanol–water partition coefficient (Wildman–Crippen LogP) is 3.40. The average molecular weight is 230 g/mol. The molecule has 15 heavy (non-hydrogen) atoms. The third-order valence-corrected chi connectivity index (χ3v) is 3.06. The predicted molar refractivity (Wildman–Crippen MR) is 62.5 cm³/mol. The van der Waals surface area contributed by atoms with Crippen LogP contribution in [-0.2, 0) is 6.42 Å². The molecular weight excluding hydrogens is 213 g/mol. The number of hydrogen-bond donors (Lipinski definition) is 1. The molecule has 2 N–H and O–H groups in total. The highest BCUT2D eigenvalue weighted by atomic mass is 35.5. The molecule has 2 unspecified atom stereocenters. The third-order valence-electron chi connectivity index (χ3n) is 2.75. The molecule has 0 aliphatic carbocycles. The van der Waals surface area contributed by atoms with Gasteiger partial charge in [0.2, 0.25) is 0 Å². The molecule has 1 aromatic carbocycles. The quantitative estimate of drug-likeness (QED) is 0.842. The van der Waals surface area contributed by atoms with Gasteiger partial charge in [-0.2, -0.15) is 0 Å². The highest BCUT2D eigenvalue weighted by Gasteiger charge is 2.12. The fourth-order valence-electron chi connectivity index (χ4n) is 1.67. The molecule has 0 heterocycles. The van der Waals surface area contributed by atoms with E-state index in [-0.39, 0.29) is 16.9 Å². The summed E-state index contributed by atoms with van der Waals surface area (Å²) < 4.78 is 13.2. The van der Waals surface area contributed by atoms with Crippen molar-refractivity contribution in [2.24, 2.45) is 11.7 Å². The Hall–Kier alpha value is -0.600. The van der Waals surface area contributed by atoms with Gasteiger partial charge in [0.1, 0.15) is 5.82 Å². The smallest absolute Gasteiger partial charge is 0.142 e. The Morgan fingerprint density at radius 3 is 2.60 bits per heavy atom. The normalized spacial score (nSPS) is 15.0. The topological polar surface area (TPSA) is 26.0 Å². The fourth-order valence-corrected chi connectivity index (χ4v) is 1.79. The van der Waals surface area contributed by atoms with Crippen molar-refractivity contribution in [1.29, 1.82) is 0 Å². The number of rotatable bonds is 4. The van der Waals surface area contributed by atoms with Crippen LogP contribution in [0.3, 0.4) is 0 Å². The Kier molecular flexibility index (Phi) is 4.55. The first-order chi connectivity index (χ1) is 7.04. The van der Waals surface area contributed by atoms with Gasteiger partial charge in [0, 0.05) is 6.04 Å². The fraction of sp³-hybridized carbons (Fsp3) is 0.500. The minimum Gasteiger partial charge on any atom is -0.328 e. The van der Waals surface area contributed by atoms with Gasteiger partial charge in [-0.3, -0.25) is 0 Å². The number of benzene rings is 1. The second-order valence-corrected chi connectivity index (χ2v) is 4.39. The molecule has 0 amide bonds. The maximum atomic E-state index is 13.2. The molecule has 2 atom stereocenters. The first-order valence-electron chi connectivity index (χ1n) is 5.24. The van der Waals surface area contributed by atoms with Crippen LogP contribution in [0.2, 0.25) is 5.02 Å². The molecule has 0 aliphatic rings. The van der Waals surface area contributed by atoms with E-state index in [9.17, 15) is 4.39 Å². The molecule has 0 aromatic heterocycles. The Bertz CT molecular complexity index is 325. The van der Waals surface area contributed by atoms with Gasteiger partial charge in [0.25, 0.3) is 0 Å². The van der Waals surface area contributed by atoms with Gasteiger partial charge >= 0.3 is 0 Å². The summed E-state index contributed by atoms with van der Waals surface area (Å²) >= 11 is 5.61. The lowest BCUT2D eigenvalue weighted by Crippen LogP contribution is -2.27. The molecule has 0 saturated heterocycles. The van der Waals surface area contributed by atoms with Crippen molar-refractivity contribution >= 4 is 11.6 Å². The summed E-state index contributed by atoms with van der Waals surface area (Å²) in [6, 6.07) is 5.08. The van der Waals surface area contributed by atoms with Crippen LogP contribution in [0.25, 0.3) is 0 Å². The van der Waals surface area contributed by atoms with Crippen molar-refractivity contribution in [3.05, 3.63) is 34.6 Å². The molecule has 1 rings (SSSR count). The Balaban J connectivity index is 2.75. The van der Waals surface area contributed by atoms with E-state index in [4.69, 9.17) is 17.3 Å². The van der Waals surface area contributed by atoms with Crippen LogP contribution < -0.4 is 5.73 Å². The summed E-state index contributed by atoms with van der Waals surface area (Å²) in [6.45, 7) is 4.08. The molecule has 0 fully saturated rings. The molecule has 0 aliphatic heterocycles. The number of hydrogen-bond acceptors (Lipinski definition) is 1. The van der Waals surface area contributed by atoms with E-state index in [1.165, 1.54) is 6.07 Å². The van der Waals surface area contributed by atoms with E-state index < -0.39 is 0 Å². The van der Waals surface area contributed by atoms with Gasteiger partial charge in [0.05, 0.1) is 5.02 Å². The van der Waals surface area contributed by atoms with Gasteiger partial charge in [-0.15, -0.1) is 0 Å². The minimum atomic E-state index is -0.353. The van der Waals surface area contributed by atoms with Crippen LogP contribution in [0.5, 0.6) is 0 Å². The second kappa shape index (κ2) is 5.47. The van der Waals surface area contributed by atoms with E-state index in [0.717, 1.165) is 18.4 Å². The van der Waals surface area contributed by atoms with Gasteiger partial charge in [0.15, 0.2) is 0 Å². The largest absolute Gasteiger partial charge is 0.328 e. The van der Waals surface area contributed by atoms with E-state index in [1.54, 1.807) is 6.07 Å². The summed E-state index contributed by atoms with van der Waals surface area (Å²) in [6.07, 6.45) is 1.81. The summed E-state index contributed by atoms with van der Waals surface area (Å²) in [7, 11) is 0. The molecule has 3 heteroatoms. The zero-order chi connectivity index (χ0) is 11.4. The number of nitrogens with two attached hydrogens (primary N) is 1. The number of halogens is 2. The first-order valence-corrected chi connectivity index (χ1v) is 5.62. The summed E-state index contributed by atoms with van der Waals surface area (Å²) in [5.41, 5.74) is 6.80. The Labute approximate surface area is 95.4 Å². The van der Waals surface area contributed by atoms with Crippen LogP contribution in [0.4, 0.5) is 4.39 Å². The molecule has 0 spiro atoms. The zero-order valence-corrected chi connectivity index (χ0v) is 9.89. The molecule has 1 nitrogen and oxygen atoms in total. The molecule has 1 aromatic rings. The van der Waals surface area contributed by atoms with E-state index in [2.05, 4.69) is 6.92 Å². The standard InChI is InChI=1S/C12H17ClFN/c1-3-10(8(2)15)6-9-4-5-11(13)12(14)7-9/h4-5,7-8,10H,3,6,15H2,1-2H3. The zero-order valence-electron chi connectivity index (χ0n) is 9.13. The SMILES string of the molecule is CCC(Cc1ccc(Cl)c(F)c1)C(C)N. The lowest BCUT2D eigenvalue weighted by atomic mass is 9.91. The van der Waals surface area contributed by atoms with E-state index >= 15 is 0 Å². The second-order valence-electron chi connectivity index (χ2n) is 3.98. The summed E-state index contributed by atoms with van der Waals surface area (Å²) in [5, 5.41) is 0.174. The molecular formula is C12H17ClFN. The van der Waals surface area contributed by atoms with Gasteiger partial charge in [-0.05, 0) is 37.0 Å². The average Bonchev–Trinajstić information content (AvgIpc) is 2.19. The summed E-state index contributed by atoms with van der Waals surface area (Å²) in [4.78, 5) is 0. The molecule has 0 bridgehead atoms. The van der Waals surface area contributed by atoms with Crippen LogP contribution in [0.1, 0.15) is 25.8 Å². The molecule has 0 saturated carbocycles. The van der Waals surface area contributed by atoms with Crippen LogP contribution >= 0.6 is 11.6 Å². The van der Waals surface area contributed by atoms with Crippen LogP contribution in [0.15, 0.2) is 18.2 Å². The van der Waals surface area contributed by atoms with Crippen molar-refractivity contribution < 1.29 is 4.39 Å². The van der Waals surface area contributed by atoms with Crippen molar-refractivity contribution in [2.45, 2.75) is 32.7 Å². The minimum absolute atomic E-state index is 0.133. The van der Waals surface area contributed by atoms with E-state index in [0.29, 0.717) is 5.92 Å². The molecule has 84 valence electrons. The maximum absolute atomic E-state index is 13.2. The maximum Gasteiger partial charge on any atom is 0.142 e. The van der Waals surface area contributed by atoms with Crippen molar-refractivity contribution in [1.82, 2.24) is 0 Å². The highest BCUT2D eigenvalue weighted by molar-refractivity contribution is 6.30. The van der Waals surface area contributed by atoms with Crippen molar-refractivity contribution in [3.63, 3.8) is 0 Å². The first kappa shape index (κ1) is 12.5.